The highest BCUT2D eigenvalue weighted by Crippen LogP contribution is 2.37. The molecule has 2 aromatic carbocycles. The van der Waals surface area contributed by atoms with Gasteiger partial charge in [-0.15, -0.1) is 0 Å². The van der Waals surface area contributed by atoms with E-state index in [2.05, 4.69) is 66.1 Å². The second-order valence-corrected chi connectivity index (χ2v) is 9.12. The van der Waals surface area contributed by atoms with Gasteiger partial charge in [0.1, 0.15) is 0 Å². The summed E-state index contributed by atoms with van der Waals surface area (Å²) >= 11 is 1.84. The Morgan fingerprint density at radius 2 is 1.69 bits per heavy atom. The first-order chi connectivity index (χ1) is 14.1. The number of carbonyl (C=O) groups excluding carboxylic acids is 1. The Kier molecular flexibility index (Phi) is 6.46. The fraction of sp³-hybridized carbons (Fsp3) is 0.458. The molecule has 0 aromatic heterocycles. The van der Waals surface area contributed by atoms with Crippen LogP contribution in [0.15, 0.2) is 52.3 Å². The van der Waals surface area contributed by atoms with E-state index in [-0.39, 0.29) is 5.92 Å². The third kappa shape index (κ3) is 4.78. The number of anilines is 1. The van der Waals surface area contributed by atoms with Gasteiger partial charge in [-0.2, -0.15) is 0 Å². The zero-order valence-electron chi connectivity index (χ0n) is 17.4. The van der Waals surface area contributed by atoms with Gasteiger partial charge in [0, 0.05) is 55.1 Å². The Balaban J connectivity index is 1.43. The van der Waals surface area contributed by atoms with Crippen LogP contribution in [-0.2, 0) is 9.53 Å². The maximum atomic E-state index is 12.8. The second kappa shape index (κ2) is 9.23. The lowest BCUT2D eigenvalue weighted by Crippen LogP contribution is -2.51. The van der Waals surface area contributed by atoms with Crippen LogP contribution >= 0.6 is 11.8 Å². The minimum atomic E-state index is 0.155. The molecule has 0 saturated carbocycles. The monoisotopic (exact) mass is 410 g/mol. The van der Waals surface area contributed by atoms with Crippen molar-refractivity contribution in [2.45, 2.75) is 36.5 Å². The molecule has 1 amide bonds. The Morgan fingerprint density at radius 1 is 0.966 bits per heavy atom. The summed E-state index contributed by atoms with van der Waals surface area (Å²) in [4.78, 5) is 19.9. The van der Waals surface area contributed by atoms with Gasteiger partial charge in [0.2, 0.25) is 5.91 Å². The average molecular weight is 411 g/mol. The molecule has 4 rings (SSSR count). The summed E-state index contributed by atoms with van der Waals surface area (Å²) < 4.78 is 5.41. The van der Waals surface area contributed by atoms with Crippen molar-refractivity contribution in [2.75, 3.05) is 44.3 Å². The number of para-hydroxylation sites is 1. The van der Waals surface area contributed by atoms with Crippen molar-refractivity contribution in [1.82, 2.24) is 4.90 Å². The standard InChI is InChI=1S/C24H30N2O2S/c1-18-7-8-22(19(2)17-18)29-23-6-4-3-5-21(23)25-11-13-26(14-12-25)24(27)20-9-15-28-16-10-20/h3-8,17,20H,9-16H2,1-2H3. The molecule has 2 fully saturated rings. The van der Waals surface area contributed by atoms with Crippen LogP contribution in [0, 0.1) is 19.8 Å². The zero-order valence-corrected chi connectivity index (χ0v) is 18.2. The van der Waals surface area contributed by atoms with Gasteiger partial charge in [0.05, 0.1) is 5.69 Å². The number of benzene rings is 2. The molecule has 4 nitrogen and oxygen atoms in total. The minimum absolute atomic E-state index is 0.155. The van der Waals surface area contributed by atoms with Crippen molar-refractivity contribution < 1.29 is 9.53 Å². The largest absolute Gasteiger partial charge is 0.381 e. The lowest BCUT2D eigenvalue weighted by molar-refractivity contribution is -0.138. The number of nitrogens with zero attached hydrogens (tertiary/aromatic N) is 2. The number of ether oxygens (including phenoxy) is 1. The van der Waals surface area contributed by atoms with Crippen molar-refractivity contribution in [3.63, 3.8) is 0 Å². The lowest BCUT2D eigenvalue weighted by atomic mass is 9.98. The predicted octanol–water partition coefficient (Wildman–Crippen LogP) is 4.53. The molecule has 0 spiro atoms. The Bertz CT molecular complexity index is 856. The normalized spacial score (nSPS) is 18.1. The van der Waals surface area contributed by atoms with Crippen LogP contribution in [0.4, 0.5) is 5.69 Å². The first-order valence-electron chi connectivity index (χ1n) is 10.6. The summed E-state index contributed by atoms with van der Waals surface area (Å²) in [7, 11) is 0. The summed E-state index contributed by atoms with van der Waals surface area (Å²) in [5, 5.41) is 0. The smallest absolute Gasteiger partial charge is 0.225 e. The summed E-state index contributed by atoms with van der Waals surface area (Å²) in [6.07, 6.45) is 1.74. The maximum Gasteiger partial charge on any atom is 0.225 e. The van der Waals surface area contributed by atoms with E-state index in [0.717, 1.165) is 52.2 Å². The van der Waals surface area contributed by atoms with E-state index in [1.165, 1.54) is 26.6 Å². The second-order valence-electron chi connectivity index (χ2n) is 8.04. The van der Waals surface area contributed by atoms with Gasteiger partial charge >= 0.3 is 0 Å². The van der Waals surface area contributed by atoms with Crippen LogP contribution in [0.5, 0.6) is 0 Å². The highest BCUT2D eigenvalue weighted by atomic mass is 32.2. The van der Waals surface area contributed by atoms with E-state index < -0.39 is 0 Å². The van der Waals surface area contributed by atoms with E-state index in [0.29, 0.717) is 5.91 Å². The van der Waals surface area contributed by atoms with E-state index in [1.807, 2.05) is 11.8 Å². The van der Waals surface area contributed by atoms with Crippen molar-refractivity contribution in [2.24, 2.45) is 5.92 Å². The summed E-state index contributed by atoms with van der Waals surface area (Å²) in [6, 6.07) is 15.3. The number of hydrogen-bond acceptors (Lipinski definition) is 4. The van der Waals surface area contributed by atoms with Gasteiger partial charge in [-0.3, -0.25) is 4.79 Å². The maximum absolute atomic E-state index is 12.8. The van der Waals surface area contributed by atoms with Gasteiger partial charge in [-0.1, -0.05) is 41.6 Å². The summed E-state index contributed by atoms with van der Waals surface area (Å²) in [5.41, 5.74) is 3.89. The molecule has 154 valence electrons. The molecule has 5 heteroatoms. The zero-order chi connectivity index (χ0) is 20.2. The first-order valence-corrected chi connectivity index (χ1v) is 11.4. The molecule has 0 unspecified atom stereocenters. The average Bonchev–Trinajstić information content (AvgIpc) is 2.76. The van der Waals surface area contributed by atoms with Crippen LogP contribution in [0.2, 0.25) is 0 Å². The lowest BCUT2D eigenvalue weighted by Gasteiger charge is -2.38. The molecule has 2 aromatic rings. The summed E-state index contributed by atoms with van der Waals surface area (Å²) in [5.74, 6) is 0.480. The predicted molar refractivity (Wildman–Crippen MR) is 119 cm³/mol. The highest BCUT2D eigenvalue weighted by molar-refractivity contribution is 7.99. The van der Waals surface area contributed by atoms with Crippen LogP contribution in [0.3, 0.4) is 0 Å². The van der Waals surface area contributed by atoms with Gasteiger partial charge < -0.3 is 14.5 Å². The minimum Gasteiger partial charge on any atom is -0.381 e. The van der Waals surface area contributed by atoms with E-state index >= 15 is 0 Å². The Hall–Kier alpha value is -1.98. The quantitative estimate of drug-likeness (QED) is 0.741. The number of amides is 1. The molecule has 0 N–H and O–H groups in total. The van der Waals surface area contributed by atoms with Crippen LogP contribution in [0.1, 0.15) is 24.0 Å². The molecule has 29 heavy (non-hydrogen) atoms. The molecule has 0 atom stereocenters. The molecular formula is C24H30N2O2S. The molecule has 2 saturated heterocycles. The molecule has 2 heterocycles. The van der Waals surface area contributed by atoms with Gasteiger partial charge in [-0.25, -0.2) is 0 Å². The van der Waals surface area contributed by atoms with Crippen molar-refractivity contribution in [1.29, 1.82) is 0 Å². The molecule has 0 radical (unpaired) electrons. The van der Waals surface area contributed by atoms with E-state index in [1.54, 1.807) is 0 Å². The highest BCUT2D eigenvalue weighted by Gasteiger charge is 2.29. The molecule has 0 aliphatic carbocycles. The van der Waals surface area contributed by atoms with E-state index in [4.69, 9.17) is 4.74 Å². The SMILES string of the molecule is Cc1ccc(Sc2ccccc2N2CCN(C(=O)C3CCOCC3)CC2)c(C)c1. The number of carbonyl (C=O) groups is 1. The van der Waals surface area contributed by atoms with Crippen LogP contribution in [-0.4, -0.2) is 50.2 Å². The fourth-order valence-corrected chi connectivity index (χ4v) is 5.25. The Labute approximate surface area is 178 Å². The molecule has 0 bridgehead atoms. The third-order valence-corrected chi connectivity index (χ3v) is 7.16. The Morgan fingerprint density at radius 3 is 2.41 bits per heavy atom. The van der Waals surface area contributed by atoms with E-state index in [9.17, 15) is 4.79 Å². The molecule has 2 aliphatic rings. The van der Waals surface area contributed by atoms with Crippen molar-refractivity contribution >= 4 is 23.4 Å². The van der Waals surface area contributed by atoms with Gasteiger partial charge in [0.15, 0.2) is 0 Å². The van der Waals surface area contributed by atoms with Crippen molar-refractivity contribution in [3.05, 3.63) is 53.6 Å². The van der Waals surface area contributed by atoms with Gasteiger partial charge in [0.25, 0.3) is 0 Å². The van der Waals surface area contributed by atoms with Crippen LogP contribution in [0.25, 0.3) is 0 Å². The molecule has 2 aliphatic heterocycles. The fourth-order valence-electron chi connectivity index (χ4n) is 4.21. The van der Waals surface area contributed by atoms with Gasteiger partial charge in [-0.05, 0) is 50.5 Å². The first kappa shape index (κ1) is 20.3. The van der Waals surface area contributed by atoms with Crippen molar-refractivity contribution in [3.8, 4) is 0 Å². The number of hydrogen-bond donors (Lipinski definition) is 0. The topological polar surface area (TPSA) is 32.8 Å². The number of aryl methyl sites for hydroxylation is 2. The summed E-state index contributed by atoms with van der Waals surface area (Å²) in [6.45, 7) is 9.14. The van der Waals surface area contributed by atoms with Crippen LogP contribution < -0.4 is 4.90 Å². The number of piperazine rings is 1. The third-order valence-electron chi connectivity index (χ3n) is 5.92. The molecular weight excluding hydrogens is 380 g/mol. The number of rotatable bonds is 4.